The largest absolute Gasteiger partial charge is 0.493 e. The van der Waals surface area contributed by atoms with Crippen LogP contribution in [0.3, 0.4) is 0 Å². The Morgan fingerprint density at radius 3 is 2.59 bits per heavy atom. The monoisotopic (exact) mass is 461 g/mol. The molecule has 0 aliphatic carbocycles. The molecule has 2 N–H and O–H groups in total. The summed E-state index contributed by atoms with van der Waals surface area (Å²) in [6, 6.07) is 14.8. The van der Waals surface area contributed by atoms with Gasteiger partial charge >= 0.3 is 0 Å². The maximum Gasteiger partial charge on any atom is 0.262 e. The second-order valence-electron chi connectivity index (χ2n) is 7.56. The fourth-order valence-electron chi connectivity index (χ4n) is 4.17. The predicted octanol–water partition coefficient (Wildman–Crippen LogP) is 2.75. The summed E-state index contributed by atoms with van der Waals surface area (Å²) in [5, 5.41) is 1.49. The lowest BCUT2D eigenvalue weighted by molar-refractivity contribution is -0.125. The zero-order valence-electron chi connectivity index (χ0n) is 18.7. The summed E-state index contributed by atoms with van der Waals surface area (Å²) in [6.07, 6.45) is 0.0454. The molecule has 0 spiro atoms. The number of carbonyl (C=O) groups excluding carboxylic acids is 4. The van der Waals surface area contributed by atoms with Gasteiger partial charge in [-0.25, -0.2) is 0 Å². The third kappa shape index (κ3) is 4.03. The molecule has 0 bridgehead atoms. The average molecular weight is 461 g/mol. The van der Waals surface area contributed by atoms with E-state index in [0.717, 1.165) is 10.3 Å². The summed E-state index contributed by atoms with van der Waals surface area (Å²) in [4.78, 5) is 51.3. The van der Waals surface area contributed by atoms with Gasteiger partial charge in [-0.2, -0.15) is 0 Å². The molecule has 4 rings (SSSR count). The first-order chi connectivity index (χ1) is 16.5. The summed E-state index contributed by atoms with van der Waals surface area (Å²) in [6.45, 7) is 2.19. The van der Waals surface area contributed by atoms with Crippen LogP contribution in [0.5, 0.6) is 11.5 Å². The van der Waals surface area contributed by atoms with Gasteiger partial charge in [-0.05, 0) is 41.5 Å². The Bertz CT molecular complexity index is 1290. The number of rotatable bonds is 9. The van der Waals surface area contributed by atoms with Crippen LogP contribution in [0.1, 0.15) is 45.7 Å². The smallest absolute Gasteiger partial charge is 0.262 e. The molecule has 1 atom stereocenters. The number of hydrazine groups is 1. The van der Waals surface area contributed by atoms with Crippen molar-refractivity contribution >= 4 is 34.9 Å². The van der Waals surface area contributed by atoms with Gasteiger partial charge in [0, 0.05) is 0 Å². The van der Waals surface area contributed by atoms with Crippen LogP contribution in [-0.2, 0) is 9.59 Å². The maximum atomic E-state index is 13.6. The number of hydrogen-bond donors (Lipinski definition) is 2. The lowest BCUT2D eigenvalue weighted by Gasteiger charge is -2.27. The SMILES string of the molecule is CCOc1cc(C(CC(=O)NNC=O)N2C(=O)c3ccc4ccccc4c3C2=O)ccc1OC. The molecule has 1 aliphatic heterocycles. The van der Waals surface area contributed by atoms with Gasteiger partial charge in [0.05, 0.1) is 37.3 Å². The lowest BCUT2D eigenvalue weighted by Crippen LogP contribution is -2.41. The minimum absolute atomic E-state index is 0.276. The van der Waals surface area contributed by atoms with E-state index in [0.29, 0.717) is 41.0 Å². The molecule has 3 aromatic carbocycles. The molecule has 0 aromatic heterocycles. The minimum atomic E-state index is -0.954. The van der Waals surface area contributed by atoms with E-state index in [2.05, 4.69) is 10.9 Å². The van der Waals surface area contributed by atoms with Gasteiger partial charge in [-0.1, -0.05) is 36.4 Å². The van der Waals surface area contributed by atoms with E-state index in [-0.39, 0.29) is 12.0 Å². The molecule has 4 amide bonds. The van der Waals surface area contributed by atoms with Crippen LogP contribution in [-0.4, -0.2) is 42.7 Å². The number of imide groups is 1. The summed E-state index contributed by atoms with van der Waals surface area (Å²) >= 11 is 0. The Labute approximate surface area is 195 Å². The van der Waals surface area contributed by atoms with E-state index in [1.807, 2.05) is 19.1 Å². The number of nitrogens with one attached hydrogen (secondary N) is 2. The quantitative estimate of drug-likeness (QED) is 0.288. The molecule has 34 heavy (non-hydrogen) atoms. The lowest BCUT2D eigenvalue weighted by atomic mass is 10.00. The van der Waals surface area contributed by atoms with Gasteiger partial charge in [0.1, 0.15) is 0 Å². The summed E-state index contributed by atoms with van der Waals surface area (Å²) in [7, 11) is 1.50. The molecule has 1 unspecified atom stereocenters. The molecular formula is C25H23N3O6. The fourth-order valence-corrected chi connectivity index (χ4v) is 4.17. The normalized spacial score (nSPS) is 13.4. The Morgan fingerprint density at radius 1 is 1.06 bits per heavy atom. The number of benzene rings is 3. The van der Waals surface area contributed by atoms with Crippen molar-refractivity contribution < 1.29 is 28.7 Å². The molecule has 0 radical (unpaired) electrons. The van der Waals surface area contributed by atoms with Gasteiger partial charge in [0.15, 0.2) is 11.5 Å². The second-order valence-corrected chi connectivity index (χ2v) is 7.56. The first-order valence-corrected chi connectivity index (χ1v) is 10.7. The Hall–Kier alpha value is -4.40. The molecule has 9 nitrogen and oxygen atoms in total. The Balaban J connectivity index is 1.80. The van der Waals surface area contributed by atoms with E-state index in [9.17, 15) is 19.2 Å². The molecule has 1 aliphatic rings. The minimum Gasteiger partial charge on any atom is -0.493 e. The molecule has 9 heteroatoms. The Kier molecular flexibility index (Phi) is 6.44. The van der Waals surface area contributed by atoms with E-state index < -0.39 is 23.8 Å². The number of fused-ring (bicyclic) bond motifs is 3. The van der Waals surface area contributed by atoms with Gasteiger partial charge < -0.3 is 9.47 Å². The van der Waals surface area contributed by atoms with Crippen LogP contribution in [0, 0.1) is 0 Å². The van der Waals surface area contributed by atoms with Crippen molar-refractivity contribution in [2.45, 2.75) is 19.4 Å². The number of carbonyl (C=O) groups is 4. The first kappa shape index (κ1) is 22.8. The number of nitrogens with zero attached hydrogens (tertiary/aromatic N) is 1. The number of hydrogen-bond acceptors (Lipinski definition) is 6. The zero-order chi connectivity index (χ0) is 24.2. The van der Waals surface area contributed by atoms with Crippen molar-refractivity contribution in [1.29, 1.82) is 0 Å². The van der Waals surface area contributed by atoms with Gasteiger partial charge in [0.25, 0.3) is 11.8 Å². The maximum absolute atomic E-state index is 13.6. The first-order valence-electron chi connectivity index (χ1n) is 10.7. The van der Waals surface area contributed by atoms with Crippen LogP contribution >= 0.6 is 0 Å². The molecule has 174 valence electrons. The number of amides is 4. The number of ether oxygens (including phenoxy) is 2. The molecule has 0 fully saturated rings. The van der Waals surface area contributed by atoms with Gasteiger partial charge in [0.2, 0.25) is 12.3 Å². The van der Waals surface area contributed by atoms with Crippen LogP contribution in [0.15, 0.2) is 54.6 Å². The highest BCUT2D eigenvalue weighted by molar-refractivity contribution is 6.26. The van der Waals surface area contributed by atoms with Crippen LogP contribution in [0.2, 0.25) is 0 Å². The highest BCUT2D eigenvalue weighted by Gasteiger charge is 2.42. The van der Waals surface area contributed by atoms with Gasteiger partial charge in [-0.15, -0.1) is 0 Å². The topological polar surface area (TPSA) is 114 Å². The van der Waals surface area contributed by atoms with Crippen molar-refractivity contribution in [3.8, 4) is 11.5 Å². The van der Waals surface area contributed by atoms with E-state index in [4.69, 9.17) is 9.47 Å². The second kappa shape index (κ2) is 9.62. The van der Waals surface area contributed by atoms with Crippen molar-refractivity contribution in [1.82, 2.24) is 15.8 Å². The predicted molar refractivity (Wildman–Crippen MR) is 123 cm³/mol. The van der Waals surface area contributed by atoms with E-state index in [1.165, 1.54) is 7.11 Å². The summed E-state index contributed by atoms with van der Waals surface area (Å²) in [5.41, 5.74) is 5.42. The van der Waals surface area contributed by atoms with Crippen molar-refractivity contribution in [3.05, 3.63) is 71.3 Å². The average Bonchev–Trinajstić information content (AvgIpc) is 3.11. The molecule has 0 saturated carbocycles. The van der Waals surface area contributed by atoms with Crippen LogP contribution in [0.4, 0.5) is 0 Å². The van der Waals surface area contributed by atoms with Crippen molar-refractivity contribution in [3.63, 3.8) is 0 Å². The molecule has 0 saturated heterocycles. The zero-order valence-corrected chi connectivity index (χ0v) is 18.7. The molecule has 1 heterocycles. The standard InChI is InChI=1S/C25H23N3O6/c1-3-34-21-12-16(9-11-20(21)33-2)19(13-22(30)27-26-14-29)28-24(31)18-10-8-15-6-4-5-7-17(15)23(18)25(28)32/h4-12,14,19H,3,13H2,1-2H3,(H,26,29)(H,27,30). The van der Waals surface area contributed by atoms with E-state index >= 15 is 0 Å². The van der Waals surface area contributed by atoms with Crippen LogP contribution < -0.4 is 20.3 Å². The number of methoxy groups -OCH3 is 1. The summed E-state index contributed by atoms with van der Waals surface area (Å²) in [5.74, 6) is -0.676. The fraction of sp³-hybridized carbons (Fsp3) is 0.200. The third-order valence-corrected chi connectivity index (χ3v) is 5.64. The molecule has 3 aromatic rings. The van der Waals surface area contributed by atoms with Crippen molar-refractivity contribution in [2.24, 2.45) is 0 Å². The van der Waals surface area contributed by atoms with E-state index in [1.54, 1.807) is 42.5 Å². The third-order valence-electron chi connectivity index (χ3n) is 5.64. The highest BCUT2D eigenvalue weighted by Crippen LogP contribution is 2.39. The summed E-state index contributed by atoms with van der Waals surface area (Å²) < 4.78 is 11.0. The van der Waals surface area contributed by atoms with Gasteiger partial charge in [-0.3, -0.25) is 34.9 Å². The molecular weight excluding hydrogens is 438 g/mol. The van der Waals surface area contributed by atoms with Crippen LogP contribution in [0.25, 0.3) is 10.8 Å². The van der Waals surface area contributed by atoms with Crippen molar-refractivity contribution in [2.75, 3.05) is 13.7 Å². The Morgan fingerprint density at radius 2 is 1.85 bits per heavy atom. The highest BCUT2D eigenvalue weighted by atomic mass is 16.5.